The van der Waals surface area contributed by atoms with E-state index in [2.05, 4.69) is 19.9 Å². The maximum Gasteiger partial charge on any atom is 0.335 e. The van der Waals surface area contributed by atoms with Crippen LogP contribution in [0.1, 0.15) is 38.7 Å². The van der Waals surface area contributed by atoms with Crippen molar-refractivity contribution in [1.82, 2.24) is 24.5 Å². The molecule has 3 heterocycles. The molecule has 0 amide bonds. The van der Waals surface area contributed by atoms with Crippen LogP contribution in [0.15, 0.2) is 85.2 Å². The van der Waals surface area contributed by atoms with Gasteiger partial charge < -0.3 is 14.4 Å². The largest absolute Gasteiger partial charge is 0.478 e. The fraction of sp³-hybridized carbons (Fsp3) is 0.121. The molecule has 1 N–H and O–H groups in total. The number of imidazole rings is 1. The number of hydrogen-bond donors (Lipinski definition) is 1. The van der Waals surface area contributed by atoms with Crippen molar-refractivity contribution in [3.8, 4) is 17.1 Å². The Hall–Kier alpha value is -5.58. The minimum Gasteiger partial charge on any atom is -0.478 e. The summed E-state index contributed by atoms with van der Waals surface area (Å²) in [5.41, 5.74) is 2.28. The zero-order valence-electron chi connectivity index (χ0n) is 23.3. The lowest BCUT2D eigenvalue weighted by atomic mass is 10.0. The van der Waals surface area contributed by atoms with Gasteiger partial charge in [0.05, 0.1) is 28.8 Å². The number of hydrogen-bond acceptors (Lipinski definition) is 6. The molecule has 220 valence electrons. The van der Waals surface area contributed by atoms with Crippen LogP contribution in [0.5, 0.6) is 5.88 Å². The van der Waals surface area contributed by atoms with Crippen molar-refractivity contribution in [2.45, 2.75) is 26.5 Å². The van der Waals surface area contributed by atoms with Crippen LogP contribution in [0.2, 0.25) is 0 Å². The summed E-state index contributed by atoms with van der Waals surface area (Å²) in [6, 6.07) is 17.8. The Morgan fingerprint density at radius 3 is 2.43 bits per heavy atom. The molecule has 0 bridgehead atoms. The summed E-state index contributed by atoms with van der Waals surface area (Å²) in [4.78, 5) is 29.0. The van der Waals surface area contributed by atoms with Crippen LogP contribution in [0.4, 0.5) is 13.2 Å². The van der Waals surface area contributed by atoms with Crippen molar-refractivity contribution < 1.29 is 27.8 Å². The summed E-state index contributed by atoms with van der Waals surface area (Å²) in [5.74, 6) is -1.96. The van der Waals surface area contributed by atoms with E-state index in [9.17, 15) is 14.3 Å². The first-order valence-electron chi connectivity index (χ1n) is 13.6. The average molecular weight is 596 g/mol. The zero-order chi connectivity index (χ0) is 30.8. The van der Waals surface area contributed by atoms with E-state index >= 15 is 8.78 Å². The number of rotatable bonds is 9. The van der Waals surface area contributed by atoms with Gasteiger partial charge in [-0.3, -0.25) is 0 Å². The van der Waals surface area contributed by atoms with Gasteiger partial charge in [-0.25, -0.2) is 37.9 Å². The number of halogens is 3. The number of benzene rings is 3. The zero-order valence-corrected chi connectivity index (χ0v) is 23.3. The molecule has 0 saturated carbocycles. The monoisotopic (exact) mass is 595 g/mol. The third kappa shape index (κ3) is 5.98. The molecule has 8 nitrogen and oxygen atoms in total. The molecule has 0 aliphatic carbocycles. The van der Waals surface area contributed by atoms with Crippen LogP contribution in [-0.4, -0.2) is 35.6 Å². The van der Waals surface area contributed by atoms with Gasteiger partial charge in [-0.05, 0) is 66.6 Å². The van der Waals surface area contributed by atoms with Gasteiger partial charge in [0.15, 0.2) is 0 Å². The number of aryl methyl sites for hydroxylation is 1. The lowest BCUT2D eigenvalue weighted by Gasteiger charge is -2.12. The van der Waals surface area contributed by atoms with E-state index < -0.39 is 23.4 Å². The van der Waals surface area contributed by atoms with E-state index in [4.69, 9.17) is 4.74 Å². The standard InChI is InChI=1S/C33H24F3N5O3/c1-19-6-7-21(24(34)12-19)18-44-32-5-2-4-27(40-32)23-16-25(35)22(13-26(23)36)15-31-39-28-9-8-20(33(42)43)14-29(28)41(31)17-30-37-10-3-11-38-30/h2-14,16H,15,17-18H2,1H3,(H,42,43). The van der Waals surface area contributed by atoms with Crippen molar-refractivity contribution in [2.75, 3.05) is 0 Å². The first kappa shape index (κ1) is 28.5. The molecule has 0 unspecified atom stereocenters. The Morgan fingerprint density at radius 1 is 0.864 bits per heavy atom. The highest BCUT2D eigenvalue weighted by atomic mass is 19.1. The summed E-state index contributed by atoms with van der Waals surface area (Å²) >= 11 is 0. The number of carboxylic acid groups (broad SMARTS) is 1. The number of carbonyl (C=O) groups is 1. The molecule has 0 spiro atoms. The number of pyridine rings is 1. The Balaban J connectivity index is 1.30. The number of carboxylic acids is 1. The van der Waals surface area contributed by atoms with Gasteiger partial charge in [0.1, 0.15) is 35.7 Å². The molecule has 6 aromatic rings. The number of aromatic carboxylic acids is 1. The number of nitrogens with zero attached hydrogens (tertiary/aromatic N) is 5. The Kier molecular flexibility index (Phi) is 7.76. The van der Waals surface area contributed by atoms with Crippen LogP contribution in [-0.2, 0) is 19.6 Å². The summed E-state index contributed by atoms with van der Waals surface area (Å²) in [5, 5.41) is 9.50. The van der Waals surface area contributed by atoms with Crippen molar-refractivity contribution in [2.24, 2.45) is 0 Å². The second-order valence-electron chi connectivity index (χ2n) is 10.1. The Morgan fingerprint density at radius 2 is 1.66 bits per heavy atom. The quantitative estimate of drug-likeness (QED) is 0.203. The van der Waals surface area contributed by atoms with Gasteiger partial charge >= 0.3 is 5.97 Å². The molecular weight excluding hydrogens is 571 g/mol. The SMILES string of the molecule is Cc1ccc(COc2cccc(-c3cc(F)c(Cc4nc5ccc(C(=O)O)cc5n4Cc4ncccn4)cc3F)n2)c(F)c1. The first-order chi connectivity index (χ1) is 21.2. The van der Waals surface area contributed by atoms with Crippen LogP contribution in [0, 0.1) is 24.4 Å². The van der Waals surface area contributed by atoms with Gasteiger partial charge in [0.25, 0.3) is 0 Å². The lowest BCUT2D eigenvalue weighted by molar-refractivity contribution is 0.0697. The predicted molar refractivity (Wildman–Crippen MR) is 156 cm³/mol. The first-order valence-corrected chi connectivity index (χ1v) is 13.6. The van der Waals surface area contributed by atoms with Crippen molar-refractivity contribution in [3.05, 3.63) is 137 Å². The maximum absolute atomic E-state index is 15.5. The lowest BCUT2D eigenvalue weighted by Crippen LogP contribution is -2.10. The average Bonchev–Trinajstić information content (AvgIpc) is 3.34. The Labute approximate surface area is 249 Å². The predicted octanol–water partition coefficient (Wildman–Crippen LogP) is 6.53. The van der Waals surface area contributed by atoms with E-state index in [1.54, 1.807) is 60.3 Å². The van der Waals surface area contributed by atoms with Crippen LogP contribution in [0.3, 0.4) is 0 Å². The summed E-state index contributed by atoms with van der Waals surface area (Å²) in [6.07, 6.45) is 3.06. The highest BCUT2D eigenvalue weighted by molar-refractivity contribution is 5.92. The Bertz CT molecular complexity index is 2010. The van der Waals surface area contributed by atoms with E-state index in [-0.39, 0.29) is 47.8 Å². The maximum atomic E-state index is 15.5. The third-order valence-corrected chi connectivity index (χ3v) is 7.06. The highest BCUT2D eigenvalue weighted by Crippen LogP contribution is 2.28. The van der Waals surface area contributed by atoms with Gasteiger partial charge in [0, 0.05) is 36.0 Å². The molecule has 0 atom stereocenters. The van der Waals surface area contributed by atoms with Gasteiger partial charge in [-0.15, -0.1) is 0 Å². The van der Waals surface area contributed by atoms with E-state index in [0.717, 1.165) is 17.7 Å². The third-order valence-electron chi connectivity index (χ3n) is 7.06. The molecule has 0 aliphatic rings. The van der Waals surface area contributed by atoms with Crippen LogP contribution < -0.4 is 4.74 Å². The summed E-state index contributed by atoms with van der Waals surface area (Å²) in [6.45, 7) is 1.84. The molecule has 0 aliphatic heterocycles. The van der Waals surface area contributed by atoms with Gasteiger partial charge in [0.2, 0.25) is 5.88 Å². The van der Waals surface area contributed by atoms with Crippen molar-refractivity contribution in [1.29, 1.82) is 0 Å². The molecular formula is C33H24F3N5O3. The van der Waals surface area contributed by atoms with Gasteiger partial charge in [-0.1, -0.05) is 18.2 Å². The fourth-order valence-electron chi connectivity index (χ4n) is 4.83. The number of aromatic nitrogens is 5. The second kappa shape index (κ2) is 12.0. The summed E-state index contributed by atoms with van der Waals surface area (Å²) in [7, 11) is 0. The van der Waals surface area contributed by atoms with Crippen molar-refractivity contribution in [3.63, 3.8) is 0 Å². The normalized spacial score (nSPS) is 11.2. The molecule has 3 aromatic heterocycles. The number of fused-ring (bicyclic) bond motifs is 1. The second-order valence-corrected chi connectivity index (χ2v) is 10.1. The minimum absolute atomic E-state index is 0.0393. The molecule has 3 aromatic carbocycles. The molecule has 0 fully saturated rings. The molecule has 0 radical (unpaired) electrons. The molecule has 0 saturated heterocycles. The van der Waals surface area contributed by atoms with Crippen molar-refractivity contribution >= 4 is 17.0 Å². The molecule has 11 heteroatoms. The number of ether oxygens (including phenoxy) is 1. The smallest absolute Gasteiger partial charge is 0.335 e. The van der Waals surface area contributed by atoms with Crippen LogP contribution in [0.25, 0.3) is 22.3 Å². The highest BCUT2D eigenvalue weighted by Gasteiger charge is 2.19. The van der Waals surface area contributed by atoms with Gasteiger partial charge in [-0.2, -0.15) is 0 Å². The van der Waals surface area contributed by atoms with E-state index in [1.165, 1.54) is 24.3 Å². The van der Waals surface area contributed by atoms with Crippen LogP contribution >= 0.6 is 0 Å². The minimum atomic E-state index is -1.11. The fourth-order valence-corrected chi connectivity index (χ4v) is 4.83. The molecule has 44 heavy (non-hydrogen) atoms. The summed E-state index contributed by atoms with van der Waals surface area (Å²) < 4.78 is 52.5. The van der Waals surface area contributed by atoms with E-state index in [0.29, 0.717) is 28.2 Å². The topological polar surface area (TPSA) is 103 Å². The van der Waals surface area contributed by atoms with E-state index in [1.807, 2.05) is 0 Å². The molecule has 6 rings (SSSR count).